The fraction of sp³-hybridized carbons (Fsp3) is 0.625. The molecule has 1 aliphatic rings. The lowest BCUT2D eigenvalue weighted by atomic mass is 10.2. The lowest BCUT2D eigenvalue weighted by molar-refractivity contribution is -0.126. The molecule has 0 bridgehead atoms. The Balaban J connectivity index is 2.07. The van der Waals surface area contributed by atoms with Crippen molar-refractivity contribution in [1.82, 2.24) is 14.7 Å². The van der Waals surface area contributed by atoms with E-state index in [1.807, 2.05) is 6.92 Å². The van der Waals surface area contributed by atoms with Crippen LogP contribution in [0.1, 0.15) is 37.4 Å². The average molecular weight is 374 g/mol. The summed E-state index contributed by atoms with van der Waals surface area (Å²) >= 11 is 6.34. The van der Waals surface area contributed by atoms with E-state index in [4.69, 9.17) is 11.6 Å². The molecule has 0 aliphatic carbocycles. The van der Waals surface area contributed by atoms with Gasteiger partial charge in [0.25, 0.3) is 0 Å². The zero-order valence-corrected chi connectivity index (χ0v) is 15.9. The maximum atomic E-state index is 12.3. The Morgan fingerprint density at radius 1 is 1.50 bits per heavy atom. The van der Waals surface area contributed by atoms with Gasteiger partial charge in [-0.15, -0.1) is 0 Å². The maximum Gasteiger partial charge on any atom is 0.246 e. The van der Waals surface area contributed by atoms with Gasteiger partial charge in [0.05, 0.1) is 17.2 Å². The third-order valence-corrected chi connectivity index (χ3v) is 6.48. The number of halogens is 1. The van der Waals surface area contributed by atoms with Crippen molar-refractivity contribution in [2.24, 2.45) is 0 Å². The van der Waals surface area contributed by atoms with Crippen LogP contribution in [0.4, 0.5) is 0 Å². The molecule has 0 unspecified atom stereocenters. The van der Waals surface area contributed by atoms with E-state index < -0.39 is 9.84 Å². The summed E-state index contributed by atoms with van der Waals surface area (Å²) in [5.74, 6) is -0.0414. The van der Waals surface area contributed by atoms with Gasteiger partial charge in [-0.1, -0.05) is 24.9 Å². The number of hydrogen-bond donors (Lipinski definition) is 0. The Bertz CT molecular complexity index is 740. The molecule has 6 nitrogen and oxygen atoms in total. The summed E-state index contributed by atoms with van der Waals surface area (Å²) in [6.45, 7) is 4.70. The van der Waals surface area contributed by atoms with Crippen molar-refractivity contribution in [3.63, 3.8) is 0 Å². The molecule has 1 aromatic heterocycles. The zero-order valence-electron chi connectivity index (χ0n) is 14.3. The second kappa shape index (κ2) is 7.70. The first-order valence-corrected chi connectivity index (χ1v) is 10.3. The monoisotopic (exact) mass is 373 g/mol. The lowest BCUT2D eigenvalue weighted by Crippen LogP contribution is -2.36. The van der Waals surface area contributed by atoms with E-state index in [1.54, 1.807) is 17.8 Å². The van der Waals surface area contributed by atoms with Crippen molar-refractivity contribution in [2.75, 3.05) is 18.6 Å². The number of aromatic nitrogens is 2. The molecule has 1 fully saturated rings. The standard InChI is InChI=1S/C16H24ClN3O3S/c1-4-5-9-20-16(17)14(12(2)18-20)6-7-15(21)19(3)13-8-10-24(22,23)11-13/h6-7,13H,4-5,8-11H2,1-3H3/b7-6-/t13-/m1/s1. The van der Waals surface area contributed by atoms with Crippen molar-refractivity contribution in [3.05, 3.63) is 22.5 Å². The first-order chi connectivity index (χ1) is 11.2. The molecule has 1 amide bonds. The molecule has 1 aliphatic heterocycles. The molecular weight excluding hydrogens is 350 g/mol. The summed E-state index contributed by atoms with van der Waals surface area (Å²) in [7, 11) is -1.38. The molecule has 1 aromatic rings. The summed E-state index contributed by atoms with van der Waals surface area (Å²) in [6, 6.07) is -0.254. The molecule has 0 radical (unpaired) electrons. The smallest absolute Gasteiger partial charge is 0.246 e. The second-order valence-corrected chi connectivity index (χ2v) is 8.79. The van der Waals surface area contributed by atoms with Crippen LogP contribution in [0.5, 0.6) is 0 Å². The summed E-state index contributed by atoms with van der Waals surface area (Å²) in [5, 5.41) is 4.92. The largest absolute Gasteiger partial charge is 0.338 e. The van der Waals surface area contributed by atoms with Gasteiger partial charge in [0.15, 0.2) is 9.84 Å². The molecule has 0 saturated carbocycles. The summed E-state index contributed by atoms with van der Waals surface area (Å²) in [6.07, 6.45) is 5.63. The number of carbonyl (C=O) groups excluding carboxylic acids is 1. The topological polar surface area (TPSA) is 72.3 Å². The van der Waals surface area contributed by atoms with Gasteiger partial charge in [0, 0.05) is 31.3 Å². The van der Waals surface area contributed by atoms with Crippen LogP contribution in [0, 0.1) is 6.92 Å². The number of sulfone groups is 1. The third-order valence-electron chi connectivity index (χ3n) is 4.33. The van der Waals surface area contributed by atoms with Gasteiger partial charge in [-0.2, -0.15) is 5.10 Å². The number of carbonyl (C=O) groups is 1. The van der Waals surface area contributed by atoms with Crippen LogP contribution < -0.4 is 0 Å². The van der Waals surface area contributed by atoms with Gasteiger partial charge in [-0.25, -0.2) is 8.42 Å². The fourth-order valence-electron chi connectivity index (χ4n) is 2.75. The van der Waals surface area contributed by atoms with Crippen molar-refractivity contribution >= 4 is 33.4 Å². The van der Waals surface area contributed by atoms with Crippen LogP contribution >= 0.6 is 11.6 Å². The van der Waals surface area contributed by atoms with Crippen LogP contribution in [-0.2, 0) is 21.2 Å². The minimum atomic E-state index is -3.01. The van der Waals surface area contributed by atoms with Crippen molar-refractivity contribution < 1.29 is 13.2 Å². The van der Waals surface area contributed by atoms with E-state index in [0.717, 1.165) is 30.6 Å². The first kappa shape index (κ1) is 19.0. The van der Waals surface area contributed by atoms with E-state index in [1.165, 1.54) is 11.0 Å². The van der Waals surface area contributed by atoms with Gasteiger partial charge >= 0.3 is 0 Å². The Morgan fingerprint density at radius 3 is 2.79 bits per heavy atom. The first-order valence-electron chi connectivity index (χ1n) is 8.13. The van der Waals surface area contributed by atoms with E-state index in [2.05, 4.69) is 12.0 Å². The van der Waals surface area contributed by atoms with Gasteiger partial charge < -0.3 is 4.90 Å². The van der Waals surface area contributed by atoms with Gasteiger partial charge in [0.2, 0.25) is 5.91 Å². The minimum absolute atomic E-state index is 0.0395. The number of unbranched alkanes of at least 4 members (excludes halogenated alkanes) is 1. The highest BCUT2D eigenvalue weighted by molar-refractivity contribution is 7.91. The molecule has 24 heavy (non-hydrogen) atoms. The van der Waals surface area contributed by atoms with Crippen molar-refractivity contribution in [3.8, 4) is 0 Å². The quantitative estimate of drug-likeness (QED) is 0.717. The second-order valence-electron chi connectivity index (χ2n) is 6.21. The average Bonchev–Trinajstić information content (AvgIpc) is 3.02. The van der Waals surface area contributed by atoms with Crippen molar-refractivity contribution in [1.29, 1.82) is 0 Å². The van der Waals surface area contributed by atoms with Crippen LogP contribution in [0.3, 0.4) is 0 Å². The van der Waals surface area contributed by atoms with Crippen molar-refractivity contribution in [2.45, 2.75) is 45.7 Å². The molecule has 2 heterocycles. The minimum Gasteiger partial charge on any atom is -0.338 e. The molecular formula is C16H24ClN3O3S. The lowest BCUT2D eigenvalue weighted by Gasteiger charge is -2.21. The Labute approximate surface area is 148 Å². The molecule has 8 heteroatoms. The Hall–Kier alpha value is -1.34. The number of aryl methyl sites for hydroxylation is 2. The van der Waals surface area contributed by atoms with E-state index in [0.29, 0.717) is 11.6 Å². The molecule has 0 N–H and O–H groups in total. The molecule has 134 valence electrons. The zero-order chi connectivity index (χ0) is 17.9. The number of hydrogen-bond acceptors (Lipinski definition) is 4. The predicted molar refractivity (Wildman–Crippen MR) is 95.7 cm³/mol. The SMILES string of the molecule is CCCCn1nc(C)c(/C=C\C(=O)N(C)[C@@H]2CCS(=O)(=O)C2)c1Cl. The van der Waals surface area contributed by atoms with E-state index >= 15 is 0 Å². The number of likely N-dealkylation sites (N-methyl/N-ethyl adjacent to an activating group) is 1. The third kappa shape index (κ3) is 4.39. The summed E-state index contributed by atoms with van der Waals surface area (Å²) in [5.41, 5.74) is 1.50. The maximum absolute atomic E-state index is 12.3. The Morgan fingerprint density at radius 2 is 2.21 bits per heavy atom. The Kier molecular flexibility index (Phi) is 6.09. The summed E-state index contributed by atoms with van der Waals surface area (Å²) in [4.78, 5) is 13.8. The van der Waals surface area contributed by atoms with Crippen LogP contribution in [-0.4, -0.2) is 53.6 Å². The molecule has 2 rings (SSSR count). The summed E-state index contributed by atoms with van der Waals surface area (Å²) < 4.78 is 24.8. The fourth-order valence-corrected chi connectivity index (χ4v) is 4.84. The molecule has 1 saturated heterocycles. The van der Waals surface area contributed by atoms with E-state index in [9.17, 15) is 13.2 Å². The number of nitrogens with zero attached hydrogens (tertiary/aromatic N) is 3. The van der Waals surface area contributed by atoms with Crippen LogP contribution in [0.2, 0.25) is 5.15 Å². The van der Waals surface area contributed by atoms with Crippen LogP contribution in [0.25, 0.3) is 6.08 Å². The predicted octanol–water partition coefficient (Wildman–Crippen LogP) is 2.30. The number of rotatable bonds is 6. The molecule has 1 atom stereocenters. The molecule has 0 spiro atoms. The number of amides is 1. The van der Waals surface area contributed by atoms with Gasteiger partial charge in [0.1, 0.15) is 5.15 Å². The molecule has 0 aromatic carbocycles. The highest BCUT2D eigenvalue weighted by atomic mass is 35.5. The normalized spacial score (nSPS) is 19.9. The van der Waals surface area contributed by atoms with Crippen LogP contribution in [0.15, 0.2) is 6.08 Å². The van der Waals surface area contributed by atoms with E-state index in [-0.39, 0.29) is 23.5 Å². The highest BCUT2D eigenvalue weighted by Gasteiger charge is 2.32. The highest BCUT2D eigenvalue weighted by Crippen LogP contribution is 2.22. The van der Waals surface area contributed by atoms with Gasteiger partial charge in [-0.05, 0) is 25.8 Å². The van der Waals surface area contributed by atoms with Gasteiger partial charge in [-0.3, -0.25) is 9.48 Å².